The van der Waals surface area contributed by atoms with Gasteiger partial charge in [-0.25, -0.2) is 0 Å². The Kier molecular flexibility index (Phi) is 1.61. The predicted molar refractivity (Wildman–Crippen MR) is 70.1 cm³/mol. The van der Waals surface area contributed by atoms with E-state index in [9.17, 15) is 0 Å². The summed E-state index contributed by atoms with van der Waals surface area (Å²) in [6.07, 6.45) is 0. The van der Waals surface area contributed by atoms with Crippen LogP contribution in [-0.4, -0.2) is 0 Å². The summed E-state index contributed by atoms with van der Waals surface area (Å²) < 4.78 is 5.80. The van der Waals surface area contributed by atoms with Gasteiger partial charge in [0.2, 0.25) is 0 Å². The van der Waals surface area contributed by atoms with Gasteiger partial charge in [-0.2, -0.15) is 0 Å². The van der Waals surface area contributed by atoms with E-state index in [2.05, 4.69) is 30.3 Å². The Morgan fingerprint density at radius 3 is 2.65 bits per heavy atom. The van der Waals surface area contributed by atoms with Gasteiger partial charge in [0.1, 0.15) is 11.2 Å². The lowest BCUT2D eigenvalue weighted by Crippen LogP contribution is -1.72. The first kappa shape index (κ1) is 8.82. The van der Waals surface area contributed by atoms with Gasteiger partial charge in [-0.1, -0.05) is 42.5 Å². The zero-order valence-corrected chi connectivity index (χ0v) is 9.10. The van der Waals surface area contributed by atoms with Crippen LogP contribution in [0, 0.1) is 6.07 Å². The highest BCUT2D eigenvalue weighted by Gasteiger charge is 2.07. The van der Waals surface area contributed by atoms with E-state index in [1.165, 1.54) is 5.39 Å². The third-order valence-electron chi connectivity index (χ3n) is 3.14. The minimum absolute atomic E-state index is 0.838. The molecule has 0 saturated carbocycles. The van der Waals surface area contributed by atoms with Crippen LogP contribution in [0.4, 0.5) is 0 Å². The number of hydrogen-bond acceptors (Lipinski definition) is 1. The molecule has 1 heterocycles. The third-order valence-corrected chi connectivity index (χ3v) is 3.14. The number of furan rings is 1. The predicted octanol–water partition coefficient (Wildman–Crippen LogP) is 4.54. The van der Waals surface area contributed by atoms with Crippen molar-refractivity contribution in [1.29, 1.82) is 0 Å². The van der Waals surface area contributed by atoms with Crippen molar-refractivity contribution < 1.29 is 4.42 Å². The second-order valence-corrected chi connectivity index (χ2v) is 4.20. The van der Waals surface area contributed by atoms with Crippen molar-refractivity contribution in [2.75, 3.05) is 0 Å². The molecule has 0 bridgehead atoms. The van der Waals surface area contributed by atoms with Crippen LogP contribution in [0.15, 0.2) is 59.0 Å². The maximum absolute atomic E-state index is 5.80. The zero-order valence-electron chi connectivity index (χ0n) is 9.10. The molecule has 0 atom stereocenters. The van der Waals surface area contributed by atoms with Gasteiger partial charge in [0.25, 0.3) is 0 Å². The molecular formula is C16H9O. The maximum atomic E-state index is 5.80. The standard InChI is InChI=1S/C16H9O/c1-2-6-12-10-16-14(9-11(12)5-1)13-7-3-4-8-15(13)17-16/h1-9H. The maximum Gasteiger partial charge on any atom is 0.144 e. The van der Waals surface area contributed by atoms with Gasteiger partial charge in [0.15, 0.2) is 0 Å². The molecule has 3 aromatic carbocycles. The van der Waals surface area contributed by atoms with Crippen molar-refractivity contribution >= 4 is 32.7 Å². The molecule has 0 aliphatic heterocycles. The first-order valence-corrected chi connectivity index (χ1v) is 5.64. The van der Waals surface area contributed by atoms with Gasteiger partial charge in [0, 0.05) is 16.8 Å². The molecule has 0 aliphatic rings. The summed E-state index contributed by atoms with van der Waals surface area (Å²) in [6.45, 7) is 0. The highest BCUT2D eigenvalue weighted by atomic mass is 16.3. The number of rotatable bonds is 0. The van der Waals surface area contributed by atoms with E-state index in [0.29, 0.717) is 0 Å². The highest BCUT2D eigenvalue weighted by Crippen LogP contribution is 2.31. The molecule has 1 radical (unpaired) electrons. The van der Waals surface area contributed by atoms with Crippen molar-refractivity contribution in [3.05, 3.63) is 60.7 Å². The summed E-state index contributed by atoms with van der Waals surface area (Å²) >= 11 is 0. The highest BCUT2D eigenvalue weighted by molar-refractivity contribution is 6.09. The summed E-state index contributed by atoms with van der Waals surface area (Å²) in [7, 11) is 0. The topological polar surface area (TPSA) is 13.1 Å². The Morgan fingerprint density at radius 1 is 0.824 bits per heavy atom. The quantitative estimate of drug-likeness (QED) is 0.421. The van der Waals surface area contributed by atoms with E-state index in [0.717, 1.165) is 27.3 Å². The summed E-state index contributed by atoms with van der Waals surface area (Å²) in [5, 5.41) is 4.59. The fraction of sp³-hybridized carbons (Fsp3) is 0. The lowest BCUT2D eigenvalue weighted by atomic mass is 10.1. The monoisotopic (exact) mass is 217 g/mol. The molecule has 0 saturated heterocycles. The van der Waals surface area contributed by atoms with Gasteiger partial charge in [-0.3, -0.25) is 0 Å². The summed E-state index contributed by atoms with van der Waals surface area (Å²) in [5.74, 6) is 0. The molecule has 79 valence electrons. The second kappa shape index (κ2) is 3.11. The van der Waals surface area contributed by atoms with Crippen molar-refractivity contribution in [1.82, 2.24) is 0 Å². The van der Waals surface area contributed by atoms with Crippen LogP contribution in [0.1, 0.15) is 0 Å². The smallest absolute Gasteiger partial charge is 0.144 e. The van der Waals surface area contributed by atoms with Gasteiger partial charge in [-0.05, 0) is 22.9 Å². The van der Waals surface area contributed by atoms with Crippen LogP contribution < -0.4 is 0 Å². The molecule has 4 aromatic rings. The Hall–Kier alpha value is -2.28. The molecule has 0 aliphatic carbocycles. The average Bonchev–Trinajstić information content (AvgIpc) is 2.73. The van der Waals surface area contributed by atoms with Gasteiger partial charge < -0.3 is 4.42 Å². The molecule has 4 rings (SSSR count). The van der Waals surface area contributed by atoms with Crippen LogP contribution in [0.5, 0.6) is 0 Å². The molecule has 0 unspecified atom stereocenters. The molecule has 1 nitrogen and oxygen atoms in total. The van der Waals surface area contributed by atoms with E-state index in [1.54, 1.807) is 0 Å². The van der Waals surface area contributed by atoms with Crippen LogP contribution in [0.3, 0.4) is 0 Å². The Labute approximate surface area is 98.3 Å². The fourth-order valence-corrected chi connectivity index (χ4v) is 2.32. The molecule has 1 aromatic heterocycles. The third kappa shape index (κ3) is 1.19. The fourth-order valence-electron chi connectivity index (χ4n) is 2.32. The summed E-state index contributed by atoms with van der Waals surface area (Å²) in [6, 6.07) is 21.8. The minimum atomic E-state index is 0.838. The van der Waals surface area contributed by atoms with E-state index < -0.39 is 0 Å². The van der Waals surface area contributed by atoms with Crippen LogP contribution in [-0.2, 0) is 0 Å². The largest absolute Gasteiger partial charge is 0.455 e. The molecule has 0 spiro atoms. The lowest BCUT2D eigenvalue weighted by Gasteiger charge is -1.95. The molecule has 1 heteroatoms. The first-order chi connectivity index (χ1) is 8.42. The van der Waals surface area contributed by atoms with Crippen molar-refractivity contribution in [3.8, 4) is 0 Å². The van der Waals surface area contributed by atoms with E-state index in [1.807, 2.05) is 30.3 Å². The van der Waals surface area contributed by atoms with E-state index >= 15 is 0 Å². The number of para-hydroxylation sites is 1. The van der Waals surface area contributed by atoms with Gasteiger partial charge in [-0.15, -0.1) is 0 Å². The van der Waals surface area contributed by atoms with Crippen LogP contribution in [0.25, 0.3) is 32.7 Å². The van der Waals surface area contributed by atoms with Crippen molar-refractivity contribution in [3.63, 3.8) is 0 Å². The Bertz CT molecular complexity index is 834. The number of fused-ring (bicyclic) bond motifs is 4. The number of benzene rings is 3. The number of hydrogen-bond donors (Lipinski definition) is 0. The SMILES string of the molecule is [c]1c2ccccc2cc2c1oc1ccccc12. The van der Waals surface area contributed by atoms with E-state index in [-0.39, 0.29) is 0 Å². The molecule has 0 amide bonds. The lowest BCUT2D eigenvalue weighted by molar-refractivity contribution is 0.669. The normalized spacial score (nSPS) is 11.5. The average molecular weight is 217 g/mol. The zero-order chi connectivity index (χ0) is 11.2. The Morgan fingerprint density at radius 2 is 1.65 bits per heavy atom. The summed E-state index contributed by atoms with van der Waals surface area (Å²) in [5.41, 5.74) is 1.76. The van der Waals surface area contributed by atoms with Crippen molar-refractivity contribution in [2.45, 2.75) is 0 Å². The molecule has 17 heavy (non-hydrogen) atoms. The first-order valence-electron chi connectivity index (χ1n) is 5.64. The van der Waals surface area contributed by atoms with E-state index in [4.69, 9.17) is 4.42 Å². The van der Waals surface area contributed by atoms with Gasteiger partial charge >= 0.3 is 0 Å². The van der Waals surface area contributed by atoms with Crippen LogP contribution in [0.2, 0.25) is 0 Å². The summed E-state index contributed by atoms with van der Waals surface area (Å²) in [4.78, 5) is 0. The van der Waals surface area contributed by atoms with Crippen LogP contribution >= 0.6 is 0 Å². The molecule has 0 fully saturated rings. The minimum Gasteiger partial charge on any atom is -0.455 e. The molecular weight excluding hydrogens is 208 g/mol. The van der Waals surface area contributed by atoms with Gasteiger partial charge in [0.05, 0.1) is 0 Å². The van der Waals surface area contributed by atoms with Crippen molar-refractivity contribution in [2.24, 2.45) is 0 Å². The Balaban J connectivity index is 2.28. The molecule has 0 N–H and O–H groups in total. The second-order valence-electron chi connectivity index (χ2n) is 4.20.